The molecule has 0 aromatic carbocycles. The molecular weight excluding hydrogens is 166 g/mol. The van der Waals surface area contributed by atoms with Crippen molar-refractivity contribution in [3.63, 3.8) is 0 Å². The van der Waals surface area contributed by atoms with Crippen molar-refractivity contribution < 1.29 is 9.53 Å². The van der Waals surface area contributed by atoms with Gasteiger partial charge in [0, 0.05) is 20.2 Å². The molecule has 0 fully saturated rings. The van der Waals surface area contributed by atoms with Crippen LogP contribution in [0.15, 0.2) is 0 Å². The fourth-order valence-electron chi connectivity index (χ4n) is 0.875. The molecule has 3 heteroatoms. The molecule has 0 saturated carbocycles. The Bertz CT molecular complexity index is 137. The molecule has 0 bridgehead atoms. The van der Waals surface area contributed by atoms with E-state index in [9.17, 15) is 4.79 Å². The first kappa shape index (κ1) is 12.4. The van der Waals surface area contributed by atoms with Gasteiger partial charge in [0.2, 0.25) is 5.91 Å². The van der Waals surface area contributed by atoms with Gasteiger partial charge in [-0.25, -0.2) is 0 Å². The maximum atomic E-state index is 11.3. The number of rotatable bonds is 7. The Labute approximate surface area is 81.1 Å². The van der Waals surface area contributed by atoms with Crippen LogP contribution < -0.4 is 0 Å². The third-order valence-corrected chi connectivity index (χ3v) is 2.00. The minimum Gasteiger partial charge on any atom is -0.381 e. The van der Waals surface area contributed by atoms with Gasteiger partial charge in [-0.2, -0.15) is 0 Å². The number of carbonyl (C=O) groups is 1. The Kier molecular flexibility index (Phi) is 7.69. The van der Waals surface area contributed by atoms with Gasteiger partial charge in [0.1, 0.15) is 0 Å². The summed E-state index contributed by atoms with van der Waals surface area (Å²) in [5, 5.41) is 0. The van der Waals surface area contributed by atoms with Crippen LogP contribution in [-0.4, -0.2) is 37.6 Å². The molecule has 0 saturated heterocycles. The van der Waals surface area contributed by atoms with E-state index in [0.29, 0.717) is 13.0 Å². The first-order valence-corrected chi connectivity index (χ1v) is 5.04. The van der Waals surface area contributed by atoms with Crippen LogP contribution in [-0.2, 0) is 9.53 Å². The molecule has 0 aromatic heterocycles. The van der Waals surface area contributed by atoms with Crippen molar-refractivity contribution in [2.24, 2.45) is 0 Å². The summed E-state index contributed by atoms with van der Waals surface area (Å²) in [6, 6.07) is 0. The summed E-state index contributed by atoms with van der Waals surface area (Å²) in [6.07, 6.45) is 2.73. The van der Waals surface area contributed by atoms with E-state index in [1.807, 2.05) is 14.0 Å². The highest BCUT2D eigenvalue weighted by atomic mass is 16.5. The van der Waals surface area contributed by atoms with Crippen LogP contribution in [0.2, 0.25) is 0 Å². The van der Waals surface area contributed by atoms with Gasteiger partial charge in [0.05, 0.1) is 13.0 Å². The molecule has 0 N–H and O–H groups in total. The van der Waals surface area contributed by atoms with Crippen LogP contribution in [0.5, 0.6) is 0 Å². The van der Waals surface area contributed by atoms with E-state index in [1.165, 1.54) is 0 Å². The van der Waals surface area contributed by atoms with Crippen molar-refractivity contribution in [3.8, 4) is 0 Å². The molecule has 0 heterocycles. The molecule has 1 amide bonds. The lowest BCUT2D eigenvalue weighted by Gasteiger charge is -2.13. The molecule has 0 rings (SSSR count). The van der Waals surface area contributed by atoms with Gasteiger partial charge >= 0.3 is 0 Å². The second-order valence-corrected chi connectivity index (χ2v) is 3.12. The zero-order valence-corrected chi connectivity index (χ0v) is 9.01. The average molecular weight is 187 g/mol. The quantitative estimate of drug-likeness (QED) is 0.567. The van der Waals surface area contributed by atoms with E-state index < -0.39 is 0 Å². The van der Waals surface area contributed by atoms with Crippen molar-refractivity contribution in [3.05, 3.63) is 0 Å². The molecule has 3 nitrogen and oxygen atoms in total. The predicted octanol–water partition coefficient (Wildman–Crippen LogP) is 1.67. The molecule has 0 atom stereocenters. The van der Waals surface area contributed by atoms with Crippen LogP contribution in [0.4, 0.5) is 0 Å². The second kappa shape index (κ2) is 8.05. The van der Waals surface area contributed by atoms with Crippen molar-refractivity contribution in [2.75, 3.05) is 26.8 Å². The van der Waals surface area contributed by atoms with E-state index in [4.69, 9.17) is 4.74 Å². The minimum atomic E-state index is 0.166. The van der Waals surface area contributed by atoms with Gasteiger partial charge < -0.3 is 9.64 Å². The number of carbonyl (C=O) groups excluding carboxylic acids is 1. The summed E-state index contributed by atoms with van der Waals surface area (Å²) < 4.78 is 5.29. The fraction of sp³-hybridized carbons (Fsp3) is 0.900. The fourth-order valence-corrected chi connectivity index (χ4v) is 0.875. The number of ether oxygens (including phenoxy) is 1. The number of unbranched alkanes of at least 4 members (excludes halogenated alkanes) is 1. The lowest BCUT2D eigenvalue weighted by molar-refractivity contribution is -0.130. The van der Waals surface area contributed by atoms with E-state index in [2.05, 4.69) is 6.92 Å². The zero-order chi connectivity index (χ0) is 10.1. The Morgan fingerprint density at radius 3 is 2.54 bits per heavy atom. The van der Waals surface area contributed by atoms with Crippen molar-refractivity contribution >= 4 is 5.91 Å². The molecule has 78 valence electrons. The lowest BCUT2D eigenvalue weighted by Crippen LogP contribution is -2.27. The third-order valence-electron chi connectivity index (χ3n) is 2.00. The summed E-state index contributed by atoms with van der Waals surface area (Å²) in [7, 11) is 1.81. The number of hydrogen-bond donors (Lipinski definition) is 0. The zero-order valence-electron chi connectivity index (χ0n) is 9.01. The number of hydrogen-bond acceptors (Lipinski definition) is 2. The Balaban J connectivity index is 3.27. The smallest absolute Gasteiger partial charge is 0.224 e. The van der Waals surface area contributed by atoms with Gasteiger partial charge in [0.15, 0.2) is 0 Å². The van der Waals surface area contributed by atoms with Gasteiger partial charge in [-0.15, -0.1) is 0 Å². The average Bonchev–Trinajstić information content (AvgIpc) is 2.16. The highest BCUT2D eigenvalue weighted by Gasteiger charge is 2.04. The maximum absolute atomic E-state index is 11.3. The predicted molar refractivity (Wildman–Crippen MR) is 53.7 cm³/mol. The molecule has 0 aromatic rings. The largest absolute Gasteiger partial charge is 0.381 e. The Hall–Kier alpha value is -0.570. The first-order valence-electron chi connectivity index (χ1n) is 5.04. The van der Waals surface area contributed by atoms with Gasteiger partial charge in [-0.05, 0) is 13.3 Å². The maximum Gasteiger partial charge on any atom is 0.224 e. The van der Waals surface area contributed by atoms with Crippen LogP contribution in [0.1, 0.15) is 33.1 Å². The lowest BCUT2D eigenvalue weighted by atomic mass is 10.3. The van der Waals surface area contributed by atoms with E-state index in [1.54, 1.807) is 4.90 Å². The summed E-state index contributed by atoms with van der Waals surface area (Å²) in [6.45, 7) is 6.20. The molecule has 0 aliphatic rings. The normalized spacial score (nSPS) is 10.1. The van der Waals surface area contributed by atoms with E-state index in [0.717, 1.165) is 26.0 Å². The minimum absolute atomic E-state index is 0.166. The Morgan fingerprint density at radius 2 is 2.00 bits per heavy atom. The molecule has 0 aliphatic carbocycles. The Morgan fingerprint density at radius 1 is 1.31 bits per heavy atom. The van der Waals surface area contributed by atoms with Crippen LogP contribution in [0.3, 0.4) is 0 Å². The first-order chi connectivity index (χ1) is 6.22. The van der Waals surface area contributed by atoms with Crippen LogP contribution >= 0.6 is 0 Å². The second-order valence-electron chi connectivity index (χ2n) is 3.12. The van der Waals surface area contributed by atoms with Gasteiger partial charge in [-0.3, -0.25) is 4.79 Å². The van der Waals surface area contributed by atoms with Crippen molar-refractivity contribution in [2.45, 2.75) is 33.1 Å². The molecule has 0 radical (unpaired) electrons. The third kappa shape index (κ3) is 6.58. The summed E-state index contributed by atoms with van der Waals surface area (Å²) in [5.74, 6) is 0.166. The SMILES string of the molecule is CCCCOCCC(=O)N(C)CC. The summed E-state index contributed by atoms with van der Waals surface area (Å²) in [5.41, 5.74) is 0. The molecule has 0 unspecified atom stereocenters. The van der Waals surface area contributed by atoms with E-state index in [-0.39, 0.29) is 5.91 Å². The summed E-state index contributed by atoms with van der Waals surface area (Å²) >= 11 is 0. The summed E-state index contributed by atoms with van der Waals surface area (Å²) in [4.78, 5) is 13.0. The van der Waals surface area contributed by atoms with Crippen LogP contribution in [0, 0.1) is 0 Å². The van der Waals surface area contributed by atoms with Gasteiger partial charge in [0.25, 0.3) is 0 Å². The molecule has 13 heavy (non-hydrogen) atoms. The standard InChI is InChI=1S/C10H21NO2/c1-4-6-8-13-9-7-10(12)11(3)5-2/h4-9H2,1-3H3. The number of nitrogens with zero attached hydrogens (tertiary/aromatic N) is 1. The van der Waals surface area contributed by atoms with Crippen molar-refractivity contribution in [1.82, 2.24) is 4.90 Å². The van der Waals surface area contributed by atoms with E-state index >= 15 is 0 Å². The molecular formula is C10H21NO2. The van der Waals surface area contributed by atoms with Crippen LogP contribution in [0.25, 0.3) is 0 Å². The topological polar surface area (TPSA) is 29.5 Å². The monoisotopic (exact) mass is 187 g/mol. The van der Waals surface area contributed by atoms with Gasteiger partial charge in [-0.1, -0.05) is 13.3 Å². The van der Waals surface area contributed by atoms with Crippen molar-refractivity contribution in [1.29, 1.82) is 0 Å². The number of amides is 1. The molecule has 0 spiro atoms. The highest BCUT2D eigenvalue weighted by molar-refractivity contribution is 5.75. The highest BCUT2D eigenvalue weighted by Crippen LogP contribution is 1.93. The molecule has 0 aliphatic heterocycles.